The summed E-state index contributed by atoms with van der Waals surface area (Å²) in [4.78, 5) is 7.49. The topological polar surface area (TPSA) is 48.9 Å². The van der Waals surface area contributed by atoms with E-state index >= 15 is 0 Å². The molecule has 0 spiro atoms. The second-order valence-corrected chi connectivity index (χ2v) is 8.32. The van der Waals surface area contributed by atoms with Gasteiger partial charge in [-0.25, -0.2) is 4.99 Å². The number of aliphatic imine (C=N–C) groups is 1. The molecule has 1 aliphatic heterocycles. The third-order valence-electron chi connectivity index (χ3n) is 5.83. The van der Waals surface area contributed by atoms with Crippen LogP contribution in [0.2, 0.25) is 0 Å². The van der Waals surface area contributed by atoms with Crippen molar-refractivity contribution >= 4 is 29.9 Å². The molecule has 1 heterocycles. The minimum absolute atomic E-state index is 0. The lowest BCUT2D eigenvalue weighted by molar-refractivity contribution is 0.297. The Morgan fingerprint density at radius 2 is 1.93 bits per heavy atom. The molecule has 2 aliphatic carbocycles. The molecule has 0 aromatic heterocycles. The number of hydrogen-bond donors (Lipinski definition) is 2. The molecule has 0 radical (unpaired) electrons. The Balaban J connectivity index is 0.00000225. The van der Waals surface area contributed by atoms with Gasteiger partial charge >= 0.3 is 0 Å². The third-order valence-corrected chi connectivity index (χ3v) is 5.83. The normalized spacial score (nSPS) is 22.6. The fraction of sp³-hybridized carbons (Fsp3) is 0.682. The van der Waals surface area contributed by atoms with E-state index in [1.807, 2.05) is 6.07 Å². The average molecular weight is 498 g/mol. The molecule has 2 N–H and O–H groups in total. The highest BCUT2D eigenvalue weighted by atomic mass is 127. The maximum Gasteiger partial charge on any atom is 0.191 e. The number of guanidine groups is 1. The summed E-state index contributed by atoms with van der Waals surface area (Å²) in [6.45, 7) is 8.02. The molecular formula is C22H35IN4O. The van der Waals surface area contributed by atoms with E-state index in [4.69, 9.17) is 9.73 Å². The van der Waals surface area contributed by atoms with Crippen molar-refractivity contribution in [3.8, 4) is 5.75 Å². The predicted molar refractivity (Wildman–Crippen MR) is 126 cm³/mol. The second kappa shape index (κ2) is 10.7. The molecule has 5 nitrogen and oxygen atoms in total. The van der Waals surface area contributed by atoms with Crippen LogP contribution in [-0.2, 0) is 6.54 Å². The average Bonchev–Trinajstić information content (AvgIpc) is 3.62. The zero-order chi connectivity index (χ0) is 18.5. The molecule has 1 aromatic carbocycles. The first-order chi connectivity index (χ1) is 13.3. The standard InChI is InChI=1S/C22H34N4O.HI/c1-2-23-22(24-13-18-11-12-26(15-18)20-9-10-20)25-14-19-5-3-4-6-21(19)27-16-17-7-8-17;/h3-6,17-18,20H,2,7-16H2,1H3,(H2,23,24,25);1H. The summed E-state index contributed by atoms with van der Waals surface area (Å²) in [6.07, 6.45) is 6.75. The van der Waals surface area contributed by atoms with E-state index in [1.54, 1.807) is 0 Å². The van der Waals surface area contributed by atoms with Gasteiger partial charge in [0.05, 0.1) is 13.2 Å². The lowest BCUT2D eigenvalue weighted by Gasteiger charge is -2.17. The van der Waals surface area contributed by atoms with E-state index in [-0.39, 0.29) is 24.0 Å². The number of nitrogens with zero attached hydrogens (tertiary/aromatic N) is 2. The van der Waals surface area contributed by atoms with Gasteiger partial charge in [-0.15, -0.1) is 24.0 Å². The number of halogens is 1. The minimum atomic E-state index is 0. The lowest BCUT2D eigenvalue weighted by atomic mass is 10.1. The quantitative estimate of drug-likeness (QED) is 0.310. The van der Waals surface area contributed by atoms with E-state index in [2.05, 4.69) is 40.7 Å². The maximum atomic E-state index is 6.02. The first-order valence-electron chi connectivity index (χ1n) is 10.8. The first kappa shape index (κ1) is 21.7. The molecule has 156 valence electrons. The summed E-state index contributed by atoms with van der Waals surface area (Å²) >= 11 is 0. The van der Waals surface area contributed by atoms with Gasteiger partial charge in [0.15, 0.2) is 5.96 Å². The third kappa shape index (κ3) is 6.51. The fourth-order valence-electron chi connectivity index (χ4n) is 3.81. The van der Waals surface area contributed by atoms with Crippen LogP contribution in [0.5, 0.6) is 5.75 Å². The van der Waals surface area contributed by atoms with Gasteiger partial charge in [-0.2, -0.15) is 0 Å². The van der Waals surface area contributed by atoms with Crippen molar-refractivity contribution in [3.05, 3.63) is 29.8 Å². The van der Waals surface area contributed by atoms with Crippen molar-refractivity contribution in [2.24, 2.45) is 16.8 Å². The van der Waals surface area contributed by atoms with Crippen molar-refractivity contribution in [2.75, 3.05) is 32.8 Å². The van der Waals surface area contributed by atoms with Crippen LogP contribution in [0.4, 0.5) is 0 Å². The van der Waals surface area contributed by atoms with E-state index in [0.29, 0.717) is 6.54 Å². The number of likely N-dealkylation sites (tertiary alicyclic amines) is 1. The molecule has 0 bridgehead atoms. The van der Waals surface area contributed by atoms with Crippen LogP contribution in [-0.4, -0.2) is 49.7 Å². The zero-order valence-corrected chi connectivity index (χ0v) is 19.4. The van der Waals surface area contributed by atoms with E-state index < -0.39 is 0 Å². The Hall–Kier alpha value is -1.02. The molecule has 3 aliphatic rings. The van der Waals surface area contributed by atoms with Gasteiger partial charge in [0.2, 0.25) is 0 Å². The van der Waals surface area contributed by atoms with Crippen LogP contribution in [0.25, 0.3) is 0 Å². The summed E-state index contributed by atoms with van der Waals surface area (Å²) in [5, 5.41) is 6.95. The Morgan fingerprint density at radius 1 is 1.11 bits per heavy atom. The van der Waals surface area contributed by atoms with E-state index in [9.17, 15) is 0 Å². The Labute approximate surface area is 186 Å². The van der Waals surface area contributed by atoms with Gasteiger partial charge in [-0.05, 0) is 63.5 Å². The van der Waals surface area contributed by atoms with Crippen molar-refractivity contribution in [3.63, 3.8) is 0 Å². The molecule has 2 saturated carbocycles. The van der Waals surface area contributed by atoms with Crippen LogP contribution in [0.15, 0.2) is 29.3 Å². The predicted octanol–water partition coefficient (Wildman–Crippen LogP) is 3.63. The number of para-hydroxylation sites is 1. The largest absolute Gasteiger partial charge is 0.493 e. The summed E-state index contributed by atoms with van der Waals surface area (Å²) < 4.78 is 6.02. The van der Waals surface area contributed by atoms with Gasteiger partial charge in [0.1, 0.15) is 5.75 Å². The number of rotatable bonds is 9. The van der Waals surface area contributed by atoms with Crippen LogP contribution in [0.1, 0.15) is 44.6 Å². The molecular weight excluding hydrogens is 463 g/mol. The van der Waals surface area contributed by atoms with Crippen LogP contribution >= 0.6 is 24.0 Å². The summed E-state index contributed by atoms with van der Waals surface area (Å²) in [5.41, 5.74) is 1.16. The smallest absolute Gasteiger partial charge is 0.191 e. The van der Waals surface area contributed by atoms with Gasteiger partial charge in [-0.1, -0.05) is 18.2 Å². The van der Waals surface area contributed by atoms with Gasteiger partial charge in [0.25, 0.3) is 0 Å². The molecule has 1 saturated heterocycles. The lowest BCUT2D eigenvalue weighted by Crippen LogP contribution is -2.40. The highest BCUT2D eigenvalue weighted by molar-refractivity contribution is 14.0. The van der Waals surface area contributed by atoms with E-state index in [0.717, 1.165) is 54.8 Å². The molecule has 1 atom stereocenters. The van der Waals surface area contributed by atoms with Gasteiger partial charge < -0.3 is 20.3 Å². The van der Waals surface area contributed by atoms with Crippen molar-refractivity contribution in [1.29, 1.82) is 0 Å². The number of nitrogens with one attached hydrogen (secondary N) is 2. The fourth-order valence-corrected chi connectivity index (χ4v) is 3.81. The molecule has 1 unspecified atom stereocenters. The van der Waals surface area contributed by atoms with Crippen LogP contribution < -0.4 is 15.4 Å². The summed E-state index contributed by atoms with van der Waals surface area (Å²) in [7, 11) is 0. The van der Waals surface area contributed by atoms with Crippen molar-refractivity contribution in [1.82, 2.24) is 15.5 Å². The first-order valence-corrected chi connectivity index (χ1v) is 10.8. The molecule has 28 heavy (non-hydrogen) atoms. The minimum Gasteiger partial charge on any atom is -0.493 e. The van der Waals surface area contributed by atoms with Crippen molar-refractivity contribution < 1.29 is 4.74 Å². The highest BCUT2D eigenvalue weighted by Gasteiger charge is 2.34. The number of ether oxygens (including phenoxy) is 1. The summed E-state index contributed by atoms with van der Waals surface area (Å²) in [6, 6.07) is 9.20. The Kier molecular flexibility index (Phi) is 8.26. The number of hydrogen-bond acceptors (Lipinski definition) is 3. The zero-order valence-electron chi connectivity index (χ0n) is 17.0. The van der Waals surface area contributed by atoms with E-state index in [1.165, 1.54) is 45.2 Å². The van der Waals surface area contributed by atoms with Gasteiger partial charge in [0, 0.05) is 31.2 Å². The molecule has 6 heteroatoms. The molecule has 3 fully saturated rings. The highest BCUT2D eigenvalue weighted by Crippen LogP contribution is 2.32. The molecule has 4 rings (SSSR count). The van der Waals surface area contributed by atoms with Crippen molar-refractivity contribution in [2.45, 2.75) is 51.6 Å². The van der Waals surface area contributed by atoms with Crippen LogP contribution in [0.3, 0.4) is 0 Å². The SMILES string of the molecule is CCNC(=NCc1ccccc1OCC1CC1)NCC1CCN(C2CC2)C1.I. The number of benzene rings is 1. The molecule has 0 amide bonds. The maximum absolute atomic E-state index is 6.02. The Bertz CT molecular complexity index is 645. The summed E-state index contributed by atoms with van der Waals surface area (Å²) in [5.74, 6) is 3.41. The second-order valence-electron chi connectivity index (χ2n) is 8.32. The Morgan fingerprint density at radius 3 is 2.68 bits per heavy atom. The van der Waals surface area contributed by atoms with Crippen LogP contribution in [0, 0.1) is 11.8 Å². The monoisotopic (exact) mass is 498 g/mol. The van der Waals surface area contributed by atoms with Gasteiger partial charge in [-0.3, -0.25) is 0 Å². The molecule has 1 aromatic rings.